The Balaban J connectivity index is 1.30. The Morgan fingerprint density at radius 3 is 2.03 bits per heavy atom. The van der Waals surface area contributed by atoms with Crippen molar-refractivity contribution in [3.05, 3.63) is 29.8 Å². The molecule has 1 aliphatic heterocycles. The molecule has 1 saturated carbocycles. The van der Waals surface area contributed by atoms with E-state index < -0.39 is 10.0 Å². The maximum Gasteiger partial charge on any atom is 0.238 e. The third-order valence-corrected chi connectivity index (χ3v) is 6.06. The zero-order chi connectivity index (χ0) is 20.9. The van der Waals surface area contributed by atoms with E-state index in [1.165, 1.54) is 12.1 Å². The van der Waals surface area contributed by atoms with Gasteiger partial charge in [-0.25, -0.2) is 13.6 Å². The Labute approximate surface area is 171 Å². The lowest BCUT2D eigenvalue weighted by molar-refractivity contribution is -0.125. The van der Waals surface area contributed by atoms with Crippen LogP contribution >= 0.6 is 0 Å². The van der Waals surface area contributed by atoms with Crippen molar-refractivity contribution >= 4 is 21.8 Å². The number of carbonyl (C=O) groups is 2. The second-order valence-electron chi connectivity index (χ2n) is 7.68. The van der Waals surface area contributed by atoms with Gasteiger partial charge in [0, 0.05) is 38.8 Å². The smallest absolute Gasteiger partial charge is 0.238 e. The van der Waals surface area contributed by atoms with E-state index in [0.717, 1.165) is 44.6 Å². The molecule has 1 heterocycles. The summed E-state index contributed by atoms with van der Waals surface area (Å²) < 4.78 is 22.5. The van der Waals surface area contributed by atoms with Crippen molar-refractivity contribution in [3.63, 3.8) is 0 Å². The molecule has 0 spiro atoms. The van der Waals surface area contributed by atoms with Crippen molar-refractivity contribution in [1.82, 2.24) is 20.4 Å². The quantitative estimate of drug-likeness (QED) is 0.463. The van der Waals surface area contributed by atoms with Gasteiger partial charge in [-0.3, -0.25) is 19.4 Å². The molecule has 2 aliphatic rings. The van der Waals surface area contributed by atoms with Gasteiger partial charge in [-0.1, -0.05) is 12.1 Å². The van der Waals surface area contributed by atoms with Crippen molar-refractivity contribution in [2.45, 2.75) is 30.2 Å². The molecule has 1 aromatic carbocycles. The molecule has 0 radical (unpaired) electrons. The highest BCUT2D eigenvalue weighted by Gasteiger charge is 2.25. The molecule has 10 heteroatoms. The molecule has 4 N–H and O–H groups in total. The molecule has 2 amide bonds. The molecule has 2 fully saturated rings. The van der Waals surface area contributed by atoms with Gasteiger partial charge < -0.3 is 10.6 Å². The first-order valence-electron chi connectivity index (χ1n) is 9.92. The number of amides is 2. The SMILES string of the molecule is NS(=O)(=O)c1ccc(CCNC(=O)CN2CCN(CC(=O)NC3CC3)CC2)cc1. The molecule has 0 aromatic heterocycles. The van der Waals surface area contributed by atoms with E-state index in [1.54, 1.807) is 12.1 Å². The molecule has 0 unspecified atom stereocenters. The van der Waals surface area contributed by atoms with Crippen LogP contribution in [0.2, 0.25) is 0 Å². The van der Waals surface area contributed by atoms with Gasteiger partial charge in [0.2, 0.25) is 21.8 Å². The van der Waals surface area contributed by atoms with E-state index in [0.29, 0.717) is 32.1 Å². The summed E-state index contributed by atoms with van der Waals surface area (Å²) in [6, 6.07) is 6.72. The van der Waals surface area contributed by atoms with Gasteiger partial charge in [0.1, 0.15) is 0 Å². The van der Waals surface area contributed by atoms with Crippen LogP contribution in [0.25, 0.3) is 0 Å². The number of primary sulfonamides is 1. The van der Waals surface area contributed by atoms with Crippen LogP contribution in [0.1, 0.15) is 18.4 Å². The van der Waals surface area contributed by atoms with E-state index in [-0.39, 0.29) is 16.7 Å². The van der Waals surface area contributed by atoms with E-state index in [4.69, 9.17) is 5.14 Å². The summed E-state index contributed by atoms with van der Waals surface area (Å²) >= 11 is 0. The maximum absolute atomic E-state index is 12.1. The number of nitrogens with two attached hydrogens (primary N) is 1. The number of nitrogens with zero attached hydrogens (tertiary/aromatic N) is 2. The number of sulfonamides is 1. The van der Waals surface area contributed by atoms with Crippen LogP contribution in [0.3, 0.4) is 0 Å². The van der Waals surface area contributed by atoms with Crippen LogP contribution in [-0.4, -0.2) is 81.9 Å². The highest BCUT2D eigenvalue weighted by molar-refractivity contribution is 7.89. The van der Waals surface area contributed by atoms with Crippen molar-refractivity contribution in [1.29, 1.82) is 0 Å². The summed E-state index contributed by atoms with van der Waals surface area (Å²) in [7, 11) is -3.68. The number of hydrogen-bond acceptors (Lipinski definition) is 6. The van der Waals surface area contributed by atoms with Crippen molar-refractivity contribution in [3.8, 4) is 0 Å². The highest BCUT2D eigenvalue weighted by atomic mass is 32.2. The summed E-state index contributed by atoms with van der Waals surface area (Å²) in [6.45, 7) is 4.34. The number of nitrogens with one attached hydrogen (secondary N) is 2. The first-order chi connectivity index (χ1) is 13.8. The average molecular weight is 424 g/mol. The molecule has 1 saturated heterocycles. The molecule has 9 nitrogen and oxygen atoms in total. The van der Waals surface area contributed by atoms with Gasteiger partial charge in [0.05, 0.1) is 18.0 Å². The second-order valence-corrected chi connectivity index (χ2v) is 9.24. The van der Waals surface area contributed by atoms with Gasteiger partial charge in [-0.05, 0) is 37.0 Å². The van der Waals surface area contributed by atoms with E-state index in [2.05, 4.69) is 20.4 Å². The number of hydrogen-bond donors (Lipinski definition) is 3. The number of benzene rings is 1. The normalized spacial score (nSPS) is 18.4. The van der Waals surface area contributed by atoms with Gasteiger partial charge in [-0.15, -0.1) is 0 Å². The van der Waals surface area contributed by atoms with Crippen LogP contribution in [-0.2, 0) is 26.0 Å². The molecular formula is C19H29N5O4S. The Kier molecular flexibility index (Phi) is 7.23. The lowest BCUT2D eigenvalue weighted by Crippen LogP contribution is -2.51. The predicted octanol–water partition coefficient (Wildman–Crippen LogP) is -1.11. The Morgan fingerprint density at radius 1 is 0.966 bits per heavy atom. The van der Waals surface area contributed by atoms with E-state index >= 15 is 0 Å². The number of rotatable bonds is 9. The fourth-order valence-electron chi connectivity index (χ4n) is 3.26. The summed E-state index contributed by atoms with van der Waals surface area (Å²) in [5.41, 5.74) is 0.927. The minimum atomic E-state index is -3.68. The first kappa shape index (κ1) is 21.7. The predicted molar refractivity (Wildman–Crippen MR) is 109 cm³/mol. The van der Waals surface area contributed by atoms with E-state index in [9.17, 15) is 18.0 Å². The molecule has 29 heavy (non-hydrogen) atoms. The van der Waals surface area contributed by atoms with Crippen LogP contribution in [0.5, 0.6) is 0 Å². The average Bonchev–Trinajstić information content (AvgIpc) is 3.47. The lowest BCUT2D eigenvalue weighted by Gasteiger charge is -2.33. The van der Waals surface area contributed by atoms with Crippen LogP contribution in [0.15, 0.2) is 29.2 Å². The van der Waals surface area contributed by atoms with Gasteiger partial charge in [0.25, 0.3) is 0 Å². The molecule has 1 aromatic rings. The Bertz CT molecular complexity index is 816. The molecule has 1 aliphatic carbocycles. The van der Waals surface area contributed by atoms with Crippen LogP contribution in [0, 0.1) is 0 Å². The minimum Gasteiger partial charge on any atom is -0.355 e. The van der Waals surface area contributed by atoms with Crippen LogP contribution < -0.4 is 15.8 Å². The summed E-state index contributed by atoms with van der Waals surface area (Å²) in [5, 5.41) is 11.0. The third kappa shape index (κ3) is 7.39. The minimum absolute atomic E-state index is 0.0360. The topological polar surface area (TPSA) is 125 Å². The molecule has 160 valence electrons. The summed E-state index contributed by atoms with van der Waals surface area (Å²) in [4.78, 5) is 28.3. The summed E-state index contributed by atoms with van der Waals surface area (Å²) in [6.07, 6.45) is 2.80. The number of piperazine rings is 1. The van der Waals surface area contributed by atoms with Crippen molar-refractivity contribution in [2.24, 2.45) is 5.14 Å². The van der Waals surface area contributed by atoms with E-state index in [1.807, 2.05) is 0 Å². The molecule has 0 atom stereocenters. The van der Waals surface area contributed by atoms with Crippen molar-refractivity contribution in [2.75, 3.05) is 45.8 Å². The third-order valence-electron chi connectivity index (χ3n) is 5.13. The lowest BCUT2D eigenvalue weighted by atomic mass is 10.1. The van der Waals surface area contributed by atoms with Crippen molar-refractivity contribution < 1.29 is 18.0 Å². The largest absolute Gasteiger partial charge is 0.355 e. The molecule has 3 rings (SSSR count). The highest BCUT2D eigenvalue weighted by Crippen LogP contribution is 2.18. The van der Waals surface area contributed by atoms with Gasteiger partial charge in [-0.2, -0.15) is 0 Å². The molecular weight excluding hydrogens is 394 g/mol. The van der Waals surface area contributed by atoms with Gasteiger partial charge in [0.15, 0.2) is 0 Å². The maximum atomic E-state index is 12.1. The molecule has 0 bridgehead atoms. The first-order valence-corrected chi connectivity index (χ1v) is 11.5. The Morgan fingerprint density at radius 2 is 1.52 bits per heavy atom. The fourth-order valence-corrected chi connectivity index (χ4v) is 3.78. The second kappa shape index (κ2) is 9.66. The summed E-state index contributed by atoms with van der Waals surface area (Å²) in [5.74, 6) is 0.0573. The fraction of sp³-hybridized carbons (Fsp3) is 0.579. The zero-order valence-corrected chi connectivity index (χ0v) is 17.3. The van der Waals surface area contributed by atoms with Crippen LogP contribution in [0.4, 0.5) is 0 Å². The van der Waals surface area contributed by atoms with Gasteiger partial charge >= 0.3 is 0 Å². The Hall–Kier alpha value is -2.01. The number of carbonyl (C=O) groups excluding carboxylic acids is 2. The standard InChI is InChI=1S/C19H29N5O4S/c20-29(27,28)17-5-1-15(2-6-17)7-8-21-18(25)13-23-9-11-24(12-10-23)14-19(26)22-16-3-4-16/h1-2,5-6,16H,3-4,7-14H2,(H,21,25)(H,22,26)(H2,20,27,28). The zero-order valence-electron chi connectivity index (χ0n) is 16.5. The monoisotopic (exact) mass is 423 g/mol.